The molecule has 0 fully saturated rings. The Hall–Kier alpha value is -3.13. The molecule has 1 aliphatic heterocycles. The van der Waals surface area contributed by atoms with Crippen molar-refractivity contribution in [3.8, 4) is 18.1 Å². The van der Waals surface area contributed by atoms with Gasteiger partial charge in [0.25, 0.3) is 0 Å². The average Bonchev–Trinajstić information content (AvgIpc) is 3.01. The van der Waals surface area contributed by atoms with Crippen molar-refractivity contribution in [2.24, 2.45) is 0 Å². The third-order valence-corrected chi connectivity index (χ3v) is 3.90. The van der Waals surface area contributed by atoms with Crippen LogP contribution in [0.25, 0.3) is 16.7 Å². The van der Waals surface area contributed by atoms with E-state index in [0.29, 0.717) is 40.3 Å². The van der Waals surface area contributed by atoms with E-state index < -0.39 is 6.10 Å². The third-order valence-electron chi connectivity index (χ3n) is 3.90. The Balaban J connectivity index is 2.03. The highest BCUT2D eigenvalue weighted by atomic mass is 16.5. The minimum Gasteiger partial charge on any atom is -0.507 e. The zero-order chi connectivity index (χ0) is 17.3. The molecule has 0 bridgehead atoms. The van der Waals surface area contributed by atoms with Gasteiger partial charge in [0.2, 0.25) is 0 Å². The number of aliphatic hydroxyl groups excluding tert-OH is 1. The van der Waals surface area contributed by atoms with Gasteiger partial charge in [-0.1, -0.05) is 5.92 Å². The molecule has 1 aliphatic rings. The third kappa shape index (κ3) is 2.63. The Morgan fingerprint density at radius 3 is 2.88 bits per heavy atom. The molecule has 1 atom stereocenters. The van der Waals surface area contributed by atoms with Crippen LogP contribution in [0.2, 0.25) is 0 Å². The molecule has 2 aromatic rings. The van der Waals surface area contributed by atoms with Crippen molar-refractivity contribution in [2.75, 3.05) is 6.61 Å². The molecule has 1 N–H and O–H groups in total. The second kappa shape index (κ2) is 6.17. The molecule has 1 aromatic heterocycles. The second-order valence-electron chi connectivity index (χ2n) is 5.46. The zero-order valence-electron chi connectivity index (χ0n) is 13.3. The van der Waals surface area contributed by atoms with Gasteiger partial charge in [0.1, 0.15) is 23.7 Å². The van der Waals surface area contributed by atoms with Crippen LogP contribution in [0.3, 0.4) is 0 Å². The molecule has 5 heteroatoms. The summed E-state index contributed by atoms with van der Waals surface area (Å²) in [5, 5.41) is 11.0. The summed E-state index contributed by atoms with van der Waals surface area (Å²) in [5.74, 6) is 3.87. The largest absolute Gasteiger partial charge is 0.507 e. The standard InChI is InChI=1S/C19H16O5/c1-4-7-22-14-5-6-15-13(8-14)9-16(23-15)19-12(3)18(21)11(2)17(10-20)24-19/h1,5-6,8-10,17,21H,7H2,2-3H3. The van der Waals surface area contributed by atoms with Gasteiger partial charge in [-0.05, 0) is 38.1 Å². The van der Waals surface area contributed by atoms with Crippen LogP contribution in [0.1, 0.15) is 19.6 Å². The molecule has 1 aromatic carbocycles. The first-order chi connectivity index (χ1) is 11.5. The van der Waals surface area contributed by atoms with Crippen molar-refractivity contribution >= 4 is 23.0 Å². The fourth-order valence-corrected chi connectivity index (χ4v) is 2.56. The normalized spacial score (nSPS) is 17.6. The van der Waals surface area contributed by atoms with Crippen LogP contribution >= 0.6 is 0 Å². The van der Waals surface area contributed by atoms with Crippen molar-refractivity contribution in [3.05, 3.63) is 46.9 Å². The van der Waals surface area contributed by atoms with E-state index in [1.165, 1.54) is 0 Å². The first kappa shape index (κ1) is 15.8. The number of carbonyl (C=O) groups excluding carboxylic acids is 1. The molecule has 0 saturated heterocycles. The van der Waals surface area contributed by atoms with E-state index in [0.717, 1.165) is 5.39 Å². The van der Waals surface area contributed by atoms with Crippen LogP contribution in [0, 0.1) is 12.3 Å². The molecule has 5 nitrogen and oxygen atoms in total. The molecular weight excluding hydrogens is 308 g/mol. The lowest BCUT2D eigenvalue weighted by Crippen LogP contribution is -2.22. The number of furan rings is 1. The summed E-state index contributed by atoms with van der Waals surface area (Å²) in [5.41, 5.74) is 1.64. The van der Waals surface area contributed by atoms with Gasteiger partial charge < -0.3 is 19.0 Å². The van der Waals surface area contributed by atoms with Crippen molar-refractivity contribution in [1.29, 1.82) is 0 Å². The smallest absolute Gasteiger partial charge is 0.178 e. The fourth-order valence-electron chi connectivity index (χ4n) is 2.56. The minimum atomic E-state index is -0.827. The summed E-state index contributed by atoms with van der Waals surface area (Å²) >= 11 is 0. The van der Waals surface area contributed by atoms with Crippen molar-refractivity contribution in [3.63, 3.8) is 0 Å². The molecule has 24 heavy (non-hydrogen) atoms. The quantitative estimate of drug-likeness (QED) is 0.687. The molecule has 2 heterocycles. The minimum absolute atomic E-state index is 0.0480. The highest BCUT2D eigenvalue weighted by Gasteiger charge is 2.28. The van der Waals surface area contributed by atoms with Crippen LogP contribution in [0.4, 0.5) is 0 Å². The molecule has 0 spiro atoms. The molecule has 0 amide bonds. The van der Waals surface area contributed by atoms with Gasteiger partial charge in [-0.25, -0.2) is 0 Å². The Morgan fingerprint density at radius 2 is 2.17 bits per heavy atom. The van der Waals surface area contributed by atoms with E-state index in [4.69, 9.17) is 20.3 Å². The number of carbonyl (C=O) groups is 1. The highest BCUT2D eigenvalue weighted by molar-refractivity contribution is 5.84. The van der Waals surface area contributed by atoms with E-state index in [9.17, 15) is 9.90 Å². The molecule has 122 valence electrons. The van der Waals surface area contributed by atoms with E-state index in [1.54, 1.807) is 38.1 Å². The lowest BCUT2D eigenvalue weighted by atomic mass is 10.0. The number of hydrogen-bond acceptors (Lipinski definition) is 5. The number of hydrogen-bond donors (Lipinski definition) is 1. The molecule has 0 aliphatic carbocycles. The first-order valence-electron chi connectivity index (χ1n) is 7.38. The highest BCUT2D eigenvalue weighted by Crippen LogP contribution is 2.36. The lowest BCUT2D eigenvalue weighted by molar-refractivity contribution is -0.113. The zero-order valence-corrected chi connectivity index (χ0v) is 13.3. The Labute approximate surface area is 139 Å². The van der Waals surface area contributed by atoms with Crippen molar-refractivity contribution in [1.82, 2.24) is 0 Å². The van der Waals surface area contributed by atoms with Gasteiger partial charge in [0.15, 0.2) is 23.9 Å². The summed E-state index contributed by atoms with van der Waals surface area (Å²) in [6.45, 7) is 3.55. The van der Waals surface area contributed by atoms with Crippen LogP contribution < -0.4 is 4.74 Å². The number of aldehydes is 1. The van der Waals surface area contributed by atoms with E-state index in [-0.39, 0.29) is 12.4 Å². The fraction of sp³-hybridized carbons (Fsp3) is 0.211. The van der Waals surface area contributed by atoms with Gasteiger partial charge in [-0.2, -0.15) is 0 Å². The molecule has 0 saturated carbocycles. The Morgan fingerprint density at radius 1 is 1.38 bits per heavy atom. The number of benzene rings is 1. The van der Waals surface area contributed by atoms with Crippen LogP contribution in [0.5, 0.6) is 5.75 Å². The maximum absolute atomic E-state index is 11.2. The van der Waals surface area contributed by atoms with Gasteiger partial charge in [0.05, 0.1) is 0 Å². The molecular formula is C19H16O5. The van der Waals surface area contributed by atoms with E-state index in [2.05, 4.69) is 5.92 Å². The first-order valence-corrected chi connectivity index (χ1v) is 7.38. The van der Waals surface area contributed by atoms with Gasteiger partial charge >= 0.3 is 0 Å². The number of ether oxygens (including phenoxy) is 2. The molecule has 0 radical (unpaired) electrons. The monoisotopic (exact) mass is 324 g/mol. The Bertz CT molecular complexity index is 907. The maximum Gasteiger partial charge on any atom is 0.178 e. The summed E-state index contributed by atoms with van der Waals surface area (Å²) in [4.78, 5) is 11.2. The topological polar surface area (TPSA) is 68.9 Å². The van der Waals surface area contributed by atoms with Crippen molar-refractivity contribution < 1.29 is 23.8 Å². The molecule has 1 unspecified atom stereocenters. The van der Waals surface area contributed by atoms with Gasteiger partial charge in [-0.3, -0.25) is 4.79 Å². The van der Waals surface area contributed by atoms with E-state index in [1.807, 2.05) is 0 Å². The predicted molar refractivity (Wildman–Crippen MR) is 89.4 cm³/mol. The van der Waals surface area contributed by atoms with Gasteiger partial charge in [-0.15, -0.1) is 6.42 Å². The van der Waals surface area contributed by atoms with Crippen LogP contribution in [0.15, 0.2) is 45.6 Å². The summed E-state index contributed by atoms with van der Waals surface area (Å²) in [6.07, 6.45) is 5.00. The van der Waals surface area contributed by atoms with E-state index >= 15 is 0 Å². The number of aliphatic hydroxyl groups is 1. The maximum atomic E-state index is 11.2. The summed E-state index contributed by atoms with van der Waals surface area (Å²) < 4.78 is 16.9. The lowest BCUT2D eigenvalue weighted by Gasteiger charge is -2.24. The number of fused-ring (bicyclic) bond motifs is 1. The number of rotatable bonds is 4. The predicted octanol–water partition coefficient (Wildman–Crippen LogP) is 3.61. The SMILES string of the molecule is C#CCOc1ccc2oc(C3=C(C)C(O)=C(C)C(C=O)O3)cc2c1. The summed E-state index contributed by atoms with van der Waals surface area (Å²) in [6, 6.07) is 7.09. The van der Waals surface area contributed by atoms with Crippen LogP contribution in [-0.2, 0) is 9.53 Å². The number of terminal acetylenes is 1. The second-order valence-corrected chi connectivity index (χ2v) is 5.46. The average molecular weight is 324 g/mol. The summed E-state index contributed by atoms with van der Waals surface area (Å²) in [7, 11) is 0. The Kier molecular flexibility index (Phi) is 4.05. The van der Waals surface area contributed by atoms with Crippen molar-refractivity contribution in [2.45, 2.75) is 20.0 Å². The van der Waals surface area contributed by atoms with Crippen LogP contribution in [-0.4, -0.2) is 24.1 Å². The molecule has 3 rings (SSSR count). The van der Waals surface area contributed by atoms with Gasteiger partial charge in [0, 0.05) is 16.5 Å². The number of allylic oxidation sites excluding steroid dienone is 1.